The molecule has 0 unspecified atom stereocenters. The first-order chi connectivity index (χ1) is 12.5. The minimum absolute atomic E-state index is 0.469. The van der Waals surface area contributed by atoms with Gasteiger partial charge in [-0.15, -0.1) is 0 Å². The van der Waals surface area contributed by atoms with Crippen molar-refractivity contribution < 1.29 is 8.42 Å². The molecule has 0 bridgehead atoms. The van der Waals surface area contributed by atoms with E-state index in [0.29, 0.717) is 11.7 Å². The van der Waals surface area contributed by atoms with Crippen molar-refractivity contribution in [3.8, 4) is 0 Å². The Balaban J connectivity index is 1.42. The maximum atomic E-state index is 11.2. The molecule has 5 nitrogen and oxygen atoms in total. The Morgan fingerprint density at radius 3 is 2.19 bits per heavy atom. The Labute approximate surface area is 156 Å². The fourth-order valence-electron chi connectivity index (χ4n) is 3.32. The van der Waals surface area contributed by atoms with Crippen LogP contribution in [0.5, 0.6) is 0 Å². The number of hydrogen-bond acceptors (Lipinski definition) is 4. The topological polar surface area (TPSA) is 61.4 Å². The second-order valence-corrected chi connectivity index (χ2v) is 8.70. The predicted molar refractivity (Wildman–Crippen MR) is 108 cm³/mol. The zero-order chi connectivity index (χ0) is 18.4. The van der Waals surface area contributed by atoms with E-state index in [0.717, 1.165) is 50.8 Å². The summed E-state index contributed by atoms with van der Waals surface area (Å²) < 4.78 is 25.0. The SMILES string of the molecule is CS(=O)(=O)Nc1ccc(NC2CCN(CCc3ccccc3)CC2)cc1. The summed E-state index contributed by atoms with van der Waals surface area (Å²) in [5.41, 5.74) is 3.02. The molecule has 0 saturated carbocycles. The molecule has 0 aromatic heterocycles. The van der Waals surface area contributed by atoms with Crippen molar-refractivity contribution in [3.63, 3.8) is 0 Å². The molecule has 0 spiro atoms. The summed E-state index contributed by atoms with van der Waals surface area (Å²) in [4.78, 5) is 2.53. The fourth-order valence-corrected chi connectivity index (χ4v) is 3.88. The lowest BCUT2D eigenvalue weighted by Gasteiger charge is -2.33. The van der Waals surface area contributed by atoms with Crippen molar-refractivity contribution >= 4 is 21.4 Å². The van der Waals surface area contributed by atoms with Gasteiger partial charge in [-0.05, 0) is 49.1 Å². The van der Waals surface area contributed by atoms with E-state index in [1.165, 1.54) is 5.56 Å². The quantitative estimate of drug-likeness (QED) is 0.783. The number of likely N-dealkylation sites (tertiary alicyclic amines) is 1. The summed E-state index contributed by atoms with van der Waals surface area (Å²) in [5, 5.41) is 3.56. The molecule has 2 aromatic carbocycles. The Bertz CT molecular complexity index is 784. The molecule has 6 heteroatoms. The lowest BCUT2D eigenvalue weighted by molar-refractivity contribution is 0.221. The zero-order valence-corrected chi connectivity index (χ0v) is 16.0. The number of piperidine rings is 1. The number of anilines is 2. The number of benzene rings is 2. The number of hydrogen-bond donors (Lipinski definition) is 2. The summed E-state index contributed by atoms with van der Waals surface area (Å²) in [5.74, 6) is 0. The number of nitrogens with one attached hydrogen (secondary N) is 2. The van der Waals surface area contributed by atoms with E-state index in [-0.39, 0.29) is 0 Å². The van der Waals surface area contributed by atoms with Crippen LogP contribution in [0.1, 0.15) is 18.4 Å². The lowest BCUT2D eigenvalue weighted by atomic mass is 10.0. The van der Waals surface area contributed by atoms with E-state index in [2.05, 4.69) is 45.3 Å². The van der Waals surface area contributed by atoms with Crippen LogP contribution in [0.3, 0.4) is 0 Å². The molecule has 0 aliphatic carbocycles. The molecule has 0 atom stereocenters. The Morgan fingerprint density at radius 1 is 0.962 bits per heavy atom. The molecule has 3 rings (SSSR count). The maximum Gasteiger partial charge on any atom is 0.229 e. The molecule has 2 aromatic rings. The normalized spacial score (nSPS) is 16.3. The van der Waals surface area contributed by atoms with E-state index >= 15 is 0 Å². The first-order valence-electron chi connectivity index (χ1n) is 9.09. The first-order valence-corrected chi connectivity index (χ1v) is 11.0. The van der Waals surface area contributed by atoms with Gasteiger partial charge in [0.15, 0.2) is 0 Å². The second kappa shape index (κ2) is 8.56. The van der Waals surface area contributed by atoms with Crippen LogP contribution in [0.25, 0.3) is 0 Å². The van der Waals surface area contributed by atoms with E-state index < -0.39 is 10.0 Å². The smallest absolute Gasteiger partial charge is 0.229 e. The maximum absolute atomic E-state index is 11.2. The van der Waals surface area contributed by atoms with Gasteiger partial charge in [-0.25, -0.2) is 8.42 Å². The molecule has 1 fully saturated rings. The van der Waals surface area contributed by atoms with Crippen molar-refractivity contribution in [1.82, 2.24) is 4.90 Å². The van der Waals surface area contributed by atoms with Gasteiger partial charge in [-0.1, -0.05) is 30.3 Å². The molecule has 26 heavy (non-hydrogen) atoms. The third-order valence-corrected chi connectivity index (χ3v) is 5.31. The minimum atomic E-state index is -3.22. The van der Waals surface area contributed by atoms with Gasteiger partial charge in [0.25, 0.3) is 0 Å². The lowest BCUT2D eigenvalue weighted by Crippen LogP contribution is -2.40. The average molecular weight is 374 g/mol. The van der Waals surface area contributed by atoms with Crippen LogP contribution >= 0.6 is 0 Å². The Morgan fingerprint density at radius 2 is 1.58 bits per heavy atom. The summed E-state index contributed by atoms with van der Waals surface area (Å²) >= 11 is 0. The molecule has 1 aliphatic heterocycles. The van der Waals surface area contributed by atoms with E-state index in [4.69, 9.17) is 0 Å². The van der Waals surface area contributed by atoms with Crippen LogP contribution in [0.2, 0.25) is 0 Å². The predicted octanol–water partition coefficient (Wildman–Crippen LogP) is 3.18. The summed E-state index contributed by atoms with van der Waals surface area (Å²) in [7, 11) is -3.22. The van der Waals surface area contributed by atoms with Gasteiger partial charge in [0, 0.05) is 37.1 Å². The Kier molecular flexibility index (Phi) is 6.16. The van der Waals surface area contributed by atoms with Gasteiger partial charge in [0.05, 0.1) is 6.26 Å². The van der Waals surface area contributed by atoms with Gasteiger partial charge in [-0.3, -0.25) is 4.72 Å². The highest BCUT2D eigenvalue weighted by molar-refractivity contribution is 7.92. The molecular formula is C20H27N3O2S. The van der Waals surface area contributed by atoms with Crippen molar-refractivity contribution in [2.75, 3.05) is 35.9 Å². The molecule has 2 N–H and O–H groups in total. The van der Waals surface area contributed by atoms with E-state index in [9.17, 15) is 8.42 Å². The first kappa shape index (κ1) is 18.7. The van der Waals surface area contributed by atoms with Crippen molar-refractivity contribution in [3.05, 3.63) is 60.2 Å². The van der Waals surface area contributed by atoms with Gasteiger partial charge in [0.1, 0.15) is 0 Å². The highest BCUT2D eigenvalue weighted by atomic mass is 32.2. The average Bonchev–Trinajstić information content (AvgIpc) is 2.62. The molecule has 1 saturated heterocycles. The van der Waals surface area contributed by atoms with E-state index in [1.807, 2.05) is 12.1 Å². The van der Waals surface area contributed by atoms with Crippen molar-refractivity contribution in [2.24, 2.45) is 0 Å². The molecule has 0 amide bonds. The molecular weight excluding hydrogens is 346 g/mol. The van der Waals surface area contributed by atoms with Gasteiger partial charge < -0.3 is 10.2 Å². The highest BCUT2D eigenvalue weighted by Crippen LogP contribution is 2.19. The summed E-state index contributed by atoms with van der Waals surface area (Å²) in [6.07, 6.45) is 4.51. The largest absolute Gasteiger partial charge is 0.382 e. The number of nitrogens with zero attached hydrogens (tertiary/aromatic N) is 1. The number of sulfonamides is 1. The standard InChI is InChI=1S/C20H27N3O2S/c1-26(24,25)22-20-9-7-18(8-10-20)21-19-12-15-23(16-13-19)14-11-17-5-3-2-4-6-17/h2-10,19,21-22H,11-16H2,1H3. The minimum Gasteiger partial charge on any atom is -0.382 e. The zero-order valence-electron chi connectivity index (χ0n) is 15.2. The third-order valence-electron chi connectivity index (χ3n) is 4.71. The van der Waals surface area contributed by atoms with Crippen LogP contribution in [0.4, 0.5) is 11.4 Å². The molecule has 0 radical (unpaired) electrons. The van der Waals surface area contributed by atoms with Crippen LogP contribution in [0.15, 0.2) is 54.6 Å². The fraction of sp³-hybridized carbons (Fsp3) is 0.400. The monoisotopic (exact) mass is 373 g/mol. The third kappa shape index (κ3) is 6.04. The van der Waals surface area contributed by atoms with Gasteiger partial charge in [-0.2, -0.15) is 0 Å². The highest BCUT2D eigenvalue weighted by Gasteiger charge is 2.18. The van der Waals surface area contributed by atoms with Gasteiger partial charge in [0.2, 0.25) is 10.0 Å². The summed E-state index contributed by atoms with van der Waals surface area (Å²) in [6, 6.07) is 18.5. The van der Waals surface area contributed by atoms with E-state index in [1.54, 1.807) is 12.1 Å². The van der Waals surface area contributed by atoms with Crippen molar-refractivity contribution in [1.29, 1.82) is 0 Å². The van der Waals surface area contributed by atoms with Crippen LogP contribution < -0.4 is 10.0 Å². The van der Waals surface area contributed by atoms with Crippen LogP contribution in [-0.4, -0.2) is 45.2 Å². The Hall–Kier alpha value is -2.05. The number of rotatable bonds is 7. The van der Waals surface area contributed by atoms with Crippen LogP contribution in [-0.2, 0) is 16.4 Å². The molecule has 1 heterocycles. The van der Waals surface area contributed by atoms with Gasteiger partial charge >= 0.3 is 0 Å². The molecule has 140 valence electrons. The summed E-state index contributed by atoms with van der Waals surface area (Å²) in [6.45, 7) is 3.33. The van der Waals surface area contributed by atoms with Crippen molar-refractivity contribution in [2.45, 2.75) is 25.3 Å². The molecule has 1 aliphatic rings. The van der Waals surface area contributed by atoms with Crippen LogP contribution in [0, 0.1) is 0 Å². The second-order valence-electron chi connectivity index (χ2n) is 6.95.